The number of hydrogen-bond acceptors (Lipinski definition) is 3. The first-order valence-electron chi connectivity index (χ1n) is 23.8. The van der Waals surface area contributed by atoms with Crippen LogP contribution in [0.2, 0.25) is 0 Å². The van der Waals surface area contributed by atoms with Gasteiger partial charge in [0.1, 0.15) is 23.0 Å². The molecule has 4 aliphatic rings. The quantitative estimate of drug-likeness (QED) is 0.176. The van der Waals surface area contributed by atoms with Crippen molar-refractivity contribution in [3.63, 3.8) is 0 Å². The van der Waals surface area contributed by atoms with Crippen LogP contribution in [0.4, 0.5) is 17.1 Å². The Morgan fingerprint density at radius 2 is 0.609 bits per heavy atom. The van der Waals surface area contributed by atoms with Crippen LogP contribution in [0.1, 0.15) is 44.5 Å². The molecule has 0 aromatic heterocycles. The molecule has 0 amide bonds. The van der Waals surface area contributed by atoms with Crippen LogP contribution in [0.3, 0.4) is 0 Å². The molecule has 0 atom stereocenters. The van der Waals surface area contributed by atoms with E-state index in [0.29, 0.717) is 0 Å². The monoisotopic (exact) mass is 879 g/mol. The van der Waals surface area contributed by atoms with E-state index in [1.165, 1.54) is 66.4 Å². The predicted octanol–water partition coefficient (Wildman–Crippen LogP) is 16.9. The van der Waals surface area contributed by atoms with Gasteiger partial charge in [-0.1, -0.05) is 182 Å². The standard InChI is InChI=1S/C66H41NO2/c1-2-16-42(17-3-1)43-30-31-45-39-46(33-32-44(45)38-43)67(47-34-36-51-49-18-4-6-20-53(49)65(59(51)40-47)55-22-8-12-26-61(55)68-62-27-13-9-23-56(62)65)48-35-37-52-50-19-5-7-21-54(50)66(60(52)41-48)57-24-10-14-28-63(57)69-64-29-15-11-25-58(64)66/h1-41H. The number of para-hydroxylation sites is 4. The van der Waals surface area contributed by atoms with Crippen molar-refractivity contribution in [1.82, 2.24) is 0 Å². The summed E-state index contributed by atoms with van der Waals surface area (Å²) >= 11 is 0. The van der Waals surface area contributed by atoms with Gasteiger partial charge in [0.15, 0.2) is 0 Å². The number of rotatable bonds is 4. The molecule has 11 aromatic rings. The van der Waals surface area contributed by atoms with E-state index in [1.807, 2.05) is 0 Å². The molecule has 0 radical (unpaired) electrons. The Morgan fingerprint density at radius 1 is 0.246 bits per heavy atom. The van der Waals surface area contributed by atoms with Crippen LogP contribution in [0.15, 0.2) is 249 Å². The van der Waals surface area contributed by atoms with Crippen LogP contribution in [-0.2, 0) is 10.8 Å². The minimum atomic E-state index is -0.616. The van der Waals surface area contributed by atoms with Crippen LogP contribution in [0.25, 0.3) is 44.2 Å². The number of nitrogens with zero attached hydrogens (tertiary/aromatic N) is 1. The lowest BCUT2D eigenvalue weighted by Crippen LogP contribution is -2.32. The molecule has 2 spiro atoms. The molecule has 0 saturated heterocycles. The van der Waals surface area contributed by atoms with Crippen molar-refractivity contribution in [3.05, 3.63) is 293 Å². The van der Waals surface area contributed by atoms with Crippen molar-refractivity contribution < 1.29 is 9.47 Å². The molecule has 69 heavy (non-hydrogen) atoms. The third-order valence-corrected chi connectivity index (χ3v) is 15.4. The van der Waals surface area contributed by atoms with E-state index >= 15 is 0 Å². The molecule has 0 N–H and O–H groups in total. The average Bonchev–Trinajstić information content (AvgIpc) is 3.86. The summed E-state index contributed by atoms with van der Waals surface area (Å²) in [4.78, 5) is 2.48. The lowest BCUT2D eigenvalue weighted by Gasteiger charge is -2.40. The highest BCUT2D eigenvalue weighted by atomic mass is 16.5. The summed E-state index contributed by atoms with van der Waals surface area (Å²) in [7, 11) is 0. The lowest BCUT2D eigenvalue weighted by molar-refractivity contribution is 0.436. The maximum absolute atomic E-state index is 6.74. The van der Waals surface area contributed by atoms with Crippen LogP contribution < -0.4 is 14.4 Å². The minimum absolute atomic E-state index is 0.616. The van der Waals surface area contributed by atoms with Gasteiger partial charge in [0.2, 0.25) is 0 Å². The van der Waals surface area contributed by atoms with Crippen molar-refractivity contribution in [2.45, 2.75) is 10.8 Å². The SMILES string of the molecule is c1ccc(-c2ccc3cc(N(c4ccc5c(c4)C4(c6ccccc6Oc6ccccc64)c4ccccc4-5)c4ccc5c(c4)C4(c6ccccc6Oc6ccccc64)c4ccccc4-5)ccc3c2)cc1. The highest BCUT2D eigenvalue weighted by molar-refractivity contribution is 5.96. The van der Waals surface area contributed by atoms with Gasteiger partial charge < -0.3 is 14.4 Å². The number of benzene rings is 11. The summed E-state index contributed by atoms with van der Waals surface area (Å²) < 4.78 is 13.5. The molecule has 0 fully saturated rings. The van der Waals surface area contributed by atoms with E-state index in [0.717, 1.165) is 62.3 Å². The second-order valence-electron chi connectivity index (χ2n) is 18.7. The van der Waals surface area contributed by atoms with Gasteiger partial charge in [-0.15, -0.1) is 0 Å². The third kappa shape index (κ3) is 5.16. The van der Waals surface area contributed by atoms with E-state index in [9.17, 15) is 0 Å². The Balaban J connectivity index is 1.00. The first-order chi connectivity index (χ1) is 34.2. The van der Waals surface area contributed by atoms with E-state index in [2.05, 4.69) is 254 Å². The van der Waals surface area contributed by atoms with E-state index < -0.39 is 10.8 Å². The summed E-state index contributed by atoms with van der Waals surface area (Å²) in [6.07, 6.45) is 0. The molecule has 322 valence electrons. The number of ether oxygens (including phenoxy) is 2. The Hall–Kier alpha value is -8.92. The first-order valence-corrected chi connectivity index (χ1v) is 23.8. The highest BCUT2D eigenvalue weighted by Crippen LogP contribution is 2.65. The fourth-order valence-electron chi connectivity index (χ4n) is 12.6. The lowest BCUT2D eigenvalue weighted by atomic mass is 9.66. The van der Waals surface area contributed by atoms with Crippen LogP contribution in [0.5, 0.6) is 23.0 Å². The Morgan fingerprint density at radius 3 is 1.10 bits per heavy atom. The molecule has 11 aromatic carbocycles. The smallest absolute Gasteiger partial charge is 0.132 e. The summed E-state index contributed by atoms with van der Waals surface area (Å²) in [6.45, 7) is 0. The summed E-state index contributed by atoms with van der Waals surface area (Å²) in [6, 6.07) is 91.1. The van der Waals surface area contributed by atoms with Crippen molar-refractivity contribution in [3.8, 4) is 56.4 Å². The number of anilines is 3. The van der Waals surface area contributed by atoms with Crippen LogP contribution in [-0.4, -0.2) is 0 Å². The molecule has 3 nitrogen and oxygen atoms in total. The Kier molecular flexibility index (Phi) is 7.92. The molecule has 2 heterocycles. The largest absolute Gasteiger partial charge is 0.457 e. The predicted molar refractivity (Wildman–Crippen MR) is 279 cm³/mol. The van der Waals surface area contributed by atoms with Crippen LogP contribution >= 0.6 is 0 Å². The molecule has 0 saturated carbocycles. The van der Waals surface area contributed by atoms with Gasteiger partial charge in [0.05, 0.1) is 10.8 Å². The van der Waals surface area contributed by atoms with Crippen molar-refractivity contribution >= 4 is 27.8 Å². The molecule has 3 heteroatoms. The topological polar surface area (TPSA) is 21.7 Å². The minimum Gasteiger partial charge on any atom is -0.457 e. The molecule has 0 unspecified atom stereocenters. The Bertz CT molecular complexity index is 3660. The van der Waals surface area contributed by atoms with E-state index in [4.69, 9.17) is 9.47 Å². The summed E-state index contributed by atoms with van der Waals surface area (Å²) in [5.41, 5.74) is 18.9. The summed E-state index contributed by atoms with van der Waals surface area (Å²) in [5.74, 6) is 3.52. The molecule has 2 aliphatic heterocycles. The molecule has 15 rings (SSSR count). The maximum atomic E-state index is 6.74. The fourth-order valence-corrected chi connectivity index (χ4v) is 12.6. The van der Waals surface area contributed by atoms with Crippen molar-refractivity contribution in [2.24, 2.45) is 0 Å². The van der Waals surface area contributed by atoms with Gasteiger partial charge in [-0.25, -0.2) is 0 Å². The van der Waals surface area contributed by atoms with Gasteiger partial charge in [-0.05, 0) is 133 Å². The zero-order valence-electron chi connectivity index (χ0n) is 37.4. The van der Waals surface area contributed by atoms with Gasteiger partial charge in [-0.3, -0.25) is 0 Å². The normalized spacial score (nSPS) is 14.3. The van der Waals surface area contributed by atoms with Crippen molar-refractivity contribution in [1.29, 1.82) is 0 Å². The third-order valence-electron chi connectivity index (χ3n) is 15.4. The Labute approximate surface area is 400 Å². The van der Waals surface area contributed by atoms with E-state index in [-0.39, 0.29) is 0 Å². The second kappa shape index (κ2) is 14.3. The summed E-state index contributed by atoms with van der Waals surface area (Å²) in [5, 5.41) is 2.37. The van der Waals surface area contributed by atoms with Gasteiger partial charge in [0, 0.05) is 39.3 Å². The molecule has 2 aliphatic carbocycles. The maximum Gasteiger partial charge on any atom is 0.132 e. The van der Waals surface area contributed by atoms with Crippen LogP contribution in [0, 0.1) is 0 Å². The van der Waals surface area contributed by atoms with Gasteiger partial charge in [0.25, 0.3) is 0 Å². The first kappa shape index (κ1) is 38.2. The highest BCUT2D eigenvalue weighted by Gasteiger charge is 2.53. The number of fused-ring (bicyclic) bond motifs is 19. The zero-order chi connectivity index (χ0) is 45.3. The average molecular weight is 880 g/mol. The van der Waals surface area contributed by atoms with Gasteiger partial charge >= 0.3 is 0 Å². The second-order valence-corrected chi connectivity index (χ2v) is 18.7. The molecular weight excluding hydrogens is 839 g/mol. The van der Waals surface area contributed by atoms with Gasteiger partial charge in [-0.2, -0.15) is 0 Å². The molecular formula is C66H41NO2. The molecule has 0 bridgehead atoms. The van der Waals surface area contributed by atoms with Crippen molar-refractivity contribution in [2.75, 3.05) is 4.90 Å². The van der Waals surface area contributed by atoms with E-state index in [1.54, 1.807) is 0 Å². The zero-order valence-corrected chi connectivity index (χ0v) is 37.4. The fraction of sp³-hybridized carbons (Fsp3) is 0.0303. The number of hydrogen-bond donors (Lipinski definition) is 0.